The van der Waals surface area contributed by atoms with E-state index in [1.54, 1.807) is 42.5 Å². The summed E-state index contributed by atoms with van der Waals surface area (Å²) in [6, 6.07) is 10.1. The fraction of sp³-hybridized carbons (Fsp3) is 0.200. The van der Waals surface area contributed by atoms with E-state index in [0.717, 1.165) is 0 Å². The van der Waals surface area contributed by atoms with Gasteiger partial charge in [-0.05, 0) is 24.3 Å². The van der Waals surface area contributed by atoms with Gasteiger partial charge in [-0.25, -0.2) is 4.79 Å². The Morgan fingerprint density at radius 2 is 1.93 bits per heavy atom. The lowest BCUT2D eigenvalue weighted by molar-refractivity contribution is -0.142. The second-order valence-corrected chi connectivity index (χ2v) is 5.55. The molecule has 7 nitrogen and oxygen atoms in total. The number of hydrogen-bond donors (Lipinski definition) is 0. The third-order valence-electron chi connectivity index (χ3n) is 3.95. The zero-order valence-electron chi connectivity index (χ0n) is 15.1. The van der Waals surface area contributed by atoms with Gasteiger partial charge in [-0.15, -0.1) is 0 Å². The number of benzene rings is 2. The number of methoxy groups -OCH3 is 3. The maximum atomic E-state index is 12.6. The summed E-state index contributed by atoms with van der Waals surface area (Å²) in [7, 11) is 4.34. The molecule has 1 aliphatic heterocycles. The summed E-state index contributed by atoms with van der Waals surface area (Å²) in [4.78, 5) is 23.8. The predicted octanol–water partition coefficient (Wildman–Crippen LogP) is 2.87. The maximum Gasteiger partial charge on any atom is 0.343 e. The molecule has 7 heteroatoms. The Morgan fingerprint density at radius 3 is 2.63 bits per heavy atom. The van der Waals surface area contributed by atoms with Crippen LogP contribution >= 0.6 is 0 Å². The van der Waals surface area contributed by atoms with Gasteiger partial charge in [-0.1, -0.05) is 12.1 Å². The van der Waals surface area contributed by atoms with Crippen molar-refractivity contribution in [3.63, 3.8) is 0 Å². The Balaban J connectivity index is 1.86. The van der Waals surface area contributed by atoms with E-state index in [2.05, 4.69) is 4.74 Å². The van der Waals surface area contributed by atoms with Crippen LogP contribution in [-0.2, 0) is 9.53 Å². The molecule has 0 N–H and O–H groups in total. The lowest BCUT2D eigenvalue weighted by Gasteiger charge is -2.10. The summed E-state index contributed by atoms with van der Waals surface area (Å²) in [6.45, 7) is -0.229. The molecule has 3 rings (SSSR count). The molecule has 0 spiro atoms. The van der Waals surface area contributed by atoms with E-state index in [4.69, 9.17) is 18.9 Å². The second kappa shape index (κ2) is 7.82. The van der Waals surface area contributed by atoms with E-state index in [1.807, 2.05) is 0 Å². The van der Waals surface area contributed by atoms with E-state index in [-0.39, 0.29) is 18.1 Å². The Kier molecular flexibility index (Phi) is 5.30. The lowest BCUT2D eigenvalue weighted by atomic mass is 10.1. The highest BCUT2D eigenvalue weighted by molar-refractivity contribution is 6.14. The molecular weight excluding hydrogens is 352 g/mol. The quantitative estimate of drug-likeness (QED) is 0.571. The molecule has 0 saturated carbocycles. The molecule has 0 saturated heterocycles. The number of hydrogen-bond acceptors (Lipinski definition) is 7. The fourth-order valence-electron chi connectivity index (χ4n) is 2.63. The summed E-state index contributed by atoms with van der Waals surface area (Å²) in [5, 5.41) is 0. The molecule has 2 aromatic rings. The summed E-state index contributed by atoms with van der Waals surface area (Å²) in [6.07, 6.45) is 1.60. The van der Waals surface area contributed by atoms with E-state index < -0.39 is 5.97 Å². The molecule has 27 heavy (non-hydrogen) atoms. The summed E-state index contributed by atoms with van der Waals surface area (Å²) < 4.78 is 26.2. The minimum absolute atomic E-state index is 0.154. The van der Waals surface area contributed by atoms with Crippen molar-refractivity contribution >= 4 is 17.8 Å². The van der Waals surface area contributed by atoms with Crippen molar-refractivity contribution in [1.29, 1.82) is 0 Å². The van der Waals surface area contributed by atoms with E-state index in [9.17, 15) is 9.59 Å². The average molecular weight is 370 g/mol. The minimum atomic E-state index is -0.502. The average Bonchev–Trinajstić information content (AvgIpc) is 3.00. The van der Waals surface area contributed by atoms with E-state index >= 15 is 0 Å². The zero-order valence-corrected chi connectivity index (χ0v) is 15.1. The Hall–Kier alpha value is -3.48. The molecule has 0 atom stereocenters. The monoisotopic (exact) mass is 370 g/mol. The number of carbonyl (C=O) groups is 2. The minimum Gasteiger partial charge on any atom is -0.493 e. The van der Waals surface area contributed by atoms with Crippen LogP contribution in [0.5, 0.6) is 23.0 Å². The maximum absolute atomic E-state index is 12.6. The van der Waals surface area contributed by atoms with Crippen LogP contribution < -0.4 is 18.9 Å². The van der Waals surface area contributed by atoms with Crippen LogP contribution in [0, 0.1) is 0 Å². The highest BCUT2D eigenvalue weighted by Crippen LogP contribution is 2.37. The number of esters is 1. The highest BCUT2D eigenvalue weighted by atomic mass is 16.6. The number of para-hydroxylation sites is 1. The zero-order chi connectivity index (χ0) is 19.4. The van der Waals surface area contributed by atoms with Crippen molar-refractivity contribution < 1.29 is 33.3 Å². The lowest BCUT2D eigenvalue weighted by Crippen LogP contribution is -2.12. The van der Waals surface area contributed by atoms with Gasteiger partial charge < -0.3 is 23.7 Å². The van der Waals surface area contributed by atoms with Gasteiger partial charge in [0.2, 0.25) is 5.78 Å². The predicted molar refractivity (Wildman–Crippen MR) is 96.4 cm³/mol. The van der Waals surface area contributed by atoms with Crippen LogP contribution in [0.1, 0.15) is 15.9 Å². The first-order valence-electron chi connectivity index (χ1n) is 8.06. The third kappa shape index (κ3) is 3.72. The number of Topliss-reactive ketones (excluding diaryl/α,β-unsaturated/α-hetero) is 1. The molecule has 0 aliphatic carbocycles. The van der Waals surface area contributed by atoms with Crippen molar-refractivity contribution in [2.75, 3.05) is 27.9 Å². The van der Waals surface area contributed by atoms with Gasteiger partial charge >= 0.3 is 5.97 Å². The van der Waals surface area contributed by atoms with Gasteiger partial charge in [-0.2, -0.15) is 0 Å². The van der Waals surface area contributed by atoms with Crippen LogP contribution in [0.4, 0.5) is 0 Å². The van der Waals surface area contributed by atoms with Gasteiger partial charge in [0.15, 0.2) is 23.9 Å². The highest BCUT2D eigenvalue weighted by Gasteiger charge is 2.28. The van der Waals surface area contributed by atoms with Gasteiger partial charge in [0.1, 0.15) is 11.5 Å². The van der Waals surface area contributed by atoms with Gasteiger partial charge in [0.25, 0.3) is 0 Å². The normalized spacial score (nSPS) is 13.7. The van der Waals surface area contributed by atoms with Crippen molar-refractivity contribution in [2.24, 2.45) is 0 Å². The van der Waals surface area contributed by atoms with Gasteiger partial charge in [0.05, 0.1) is 26.9 Å². The number of allylic oxidation sites excluding steroid dienone is 1. The molecule has 0 radical (unpaired) electrons. The molecule has 0 fully saturated rings. The van der Waals surface area contributed by atoms with Crippen LogP contribution in [-0.4, -0.2) is 39.7 Å². The number of ether oxygens (including phenoxy) is 5. The molecule has 1 heterocycles. The van der Waals surface area contributed by atoms with Crippen molar-refractivity contribution in [1.82, 2.24) is 0 Å². The first kappa shape index (κ1) is 18.3. The van der Waals surface area contributed by atoms with Crippen molar-refractivity contribution in [2.45, 2.75) is 0 Å². The first-order valence-corrected chi connectivity index (χ1v) is 8.06. The summed E-state index contributed by atoms with van der Waals surface area (Å²) in [5.41, 5.74) is 1.06. The Morgan fingerprint density at radius 1 is 1.11 bits per heavy atom. The first-order chi connectivity index (χ1) is 13.1. The SMILES string of the molecule is COC(=O)COc1ccc2c(c1)O/C(=C\c1cccc(OC)c1OC)C2=O. The molecule has 140 valence electrons. The molecule has 0 aromatic heterocycles. The van der Waals surface area contributed by atoms with Crippen molar-refractivity contribution in [3.8, 4) is 23.0 Å². The molecule has 0 amide bonds. The Bertz CT molecular complexity index is 915. The topological polar surface area (TPSA) is 80.3 Å². The fourth-order valence-corrected chi connectivity index (χ4v) is 2.63. The van der Waals surface area contributed by atoms with E-state index in [1.165, 1.54) is 21.3 Å². The number of fused-ring (bicyclic) bond motifs is 1. The van der Waals surface area contributed by atoms with Gasteiger partial charge in [0, 0.05) is 11.6 Å². The molecule has 1 aliphatic rings. The third-order valence-corrected chi connectivity index (χ3v) is 3.95. The van der Waals surface area contributed by atoms with Gasteiger partial charge in [-0.3, -0.25) is 4.79 Å². The molecule has 0 bridgehead atoms. The van der Waals surface area contributed by atoms with Crippen molar-refractivity contribution in [3.05, 3.63) is 53.3 Å². The van der Waals surface area contributed by atoms with Crippen LogP contribution in [0.2, 0.25) is 0 Å². The van der Waals surface area contributed by atoms with Crippen LogP contribution in [0.15, 0.2) is 42.2 Å². The second-order valence-electron chi connectivity index (χ2n) is 5.55. The summed E-state index contributed by atoms with van der Waals surface area (Å²) in [5.74, 6) is 1.20. The molecule has 0 unspecified atom stereocenters. The van der Waals surface area contributed by atoms with E-state index in [0.29, 0.717) is 34.1 Å². The molecular formula is C20H18O7. The largest absolute Gasteiger partial charge is 0.493 e. The number of carbonyl (C=O) groups excluding carboxylic acids is 2. The summed E-state index contributed by atoms with van der Waals surface area (Å²) >= 11 is 0. The Labute approximate surface area is 156 Å². The van der Waals surface area contributed by atoms with Crippen LogP contribution in [0.25, 0.3) is 6.08 Å². The number of rotatable bonds is 6. The molecule has 2 aromatic carbocycles. The van der Waals surface area contributed by atoms with Crippen LogP contribution in [0.3, 0.4) is 0 Å². The number of ketones is 1. The smallest absolute Gasteiger partial charge is 0.343 e. The standard InChI is InChI=1S/C20H18O7/c1-23-15-6-4-5-12(20(15)25-3)9-17-19(22)14-8-7-13(10-16(14)27-17)26-11-18(21)24-2/h4-10H,11H2,1-3H3/b17-9-.